The number of aliphatic carboxylic acids is 1. The smallest absolute Gasteiger partial charge is 0.479 e. The molecule has 216 valence electrons. The fourth-order valence-corrected chi connectivity index (χ4v) is 3.65. The lowest BCUT2D eigenvalue weighted by Gasteiger charge is -2.14. The fourth-order valence-electron chi connectivity index (χ4n) is 3.59. The number of halogens is 4. The zero-order valence-corrected chi connectivity index (χ0v) is 24.0. The van der Waals surface area contributed by atoms with Gasteiger partial charge in [0.1, 0.15) is 11.5 Å². The summed E-state index contributed by atoms with van der Waals surface area (Å²) in [7, 11) is 0. The van der Waals surface area contributed by atoms with Crippen LogP contribution < -0.4 is 9.47 Å². The van der Waals surface area contributed by atoms with Gasteiger partial charge in [0.15, 0.2) is 11.9 Å². The number of carboxylic acids is 1. The molecular weight excluding hydrogens is 547 g/mol. The van der Waals surface area contributed by atoms with Crippen LogP contribution in [0.1, 0.15) is 50.7 Å². The number of carbonyl (C=O) groups is 2. The first-order valence-corrected chi connectivity index (χ1v) is 12.8. The SMILES string of the molecule is C=C(Cl)/C=C\C(=C)C(=O)c1c(C)n(-c2cccc(O[C@H](C)C(=O)O)c2)c2cc(OC(F)(F)F)ccc12.CC.CC. The normalized spacial score (nSPS) is 11.6. The molecule has 0 aliphatic carbocycles. The highest BCUT2D eigenvalue weighted by Gasteiger charge is 2.32. The summed E-state index contributed by atoms with van der Waals surface area (Å²) in [6.45, 7) is 18.3. The van der Waals surface area contributed by atoms with Crippen molar-refractivity contribution in [3.63, 3.8) is 0 Å². The van der Waals surface area contributed by atoms with Crippen molar-refractivity contribution < 1.29 is 37.3 Å². The van der Waals surface area contributed by atoms with Crippen molar-refractivity contribution in [2.45, 2.75) is 54.0 Å². The largest absolute Gasteiger partial charge is 0.573 e. The minimum Gasteiger partial charge on any atom is -0.479 e. The van der Waals surface area contributed by atoms with E-state index >= 15 is 0 Å². The molecule has 40 heavy (non-hydrogen) atoms. The summed E-state index contributed by atoms with van der Waals surface area (Å²) in [6.07, 6.45) is -3.26. The number of ketones is 1. The van der Waals surface area contributed by atoms with Crippen molar-refractivity contribution in [3.05, 3.63) is 89.6 Å². The maximum Gasteiger partial charge on any atom is 0.573 e. The second-order valence-electron chi connectivity index (χ2n) is 7.75. The van der Waals surface area contributed by atoms with Gasteiger partial charge in [-0.3, -0.25) is 4.79 Å². The molecule has 1 aromatic heterocycles. The van der Waals surface area contributed by atoms with E-state index in [2.05, 4.69) is 17.9 Å². The summed E-state index contributed by atoms with van der Waals surface area (Å²) in [5.41, 5.74) is 1.37. The van der Waals surface area contributed by atoms with Crippen LogP contribution in [0.3, 0.4) is 0 Å². The van der Waals surface area contributed by atoms with E-state index in [1.165, 1.54) is 37.3 Å². The Morgan fingerprint density at radius 3 is 2.20 bits per heavy atom. The average Bonchev–Trinajstić information content (AvgIpc) is 3.19. The highest BCUT2D eigenvalue weighted by atomic mass is 35.5. The minimum atomic E-state index is -4.91. The van der Waals surface area contributed by atoms with Gasteiger partial charge in [-0.1, -0.05) is 64.6 Å². The van der Waals surface area contributed by atoms with Gasteiger partial charge in [0.05, 0.1) is 11.1 Å². The van der Waals surface area contributed by atoms with E-state index in [4.69, 9.17) is 21.4 Å². The number of hydrogen-bond donors (Lipinski definition) is 1. The molecule has 0 bridgehead atoms. The molecule has 0 unspecified atom stereocenters. The molecule has 0 saturated heterocycles. The summed E-state index contributed by atoms with van der Waals surface area (Å²) in [6, 6.07) is 9.93. The van der Waals surface area contributed by atoms with Gasteiger partial charge in [0.2, 0.25) is 0 Å². The van der Waals surface area contributed by atoms with Crippen LogP contribution in [0.15, 0.2) is 78.4 Å². The zero-order chi connectivity index (χ0) is 30.8. The van der Waals surface area contributed by atoms with Crippen molar-refractivity contribution >= 4 is 34.3 Å². The van der Waals surface area contributed by atoms with E-state index in [0.29, 0.717) is 16.8 Å². The number of carbonyl (C=O) groups excluding carboxylic acids is 1. The highest BCUT2D eigenvalue weighted by Crippen LogP contribution is 2.35. The molecule has 3 rings (SSSR count). The molecule has 0 aliphatic heterocycles. The van der Waals surface area contributed by atoms with Crippen LogP contribution in [0.4, 0.5) is 13.2 Å². The lowest BCUT2D eigenvalue weighted by Crippen LogP contribution is -2.22. The van der Waals surface area contributed by atoms with Crippen molar-refractivity contribution in [1.29, 1.82) is 0 Å². The number of nitrogens with zero attached hydrogens (tertiary/aromatic N) is 1. The van der Waals surface area contributed by atoms with E-state index in [9.17, 15) is 22.8 Å². The molecule has 1 heterocycles. The van der Waals surface area contributed by atoms with Gasteiger partial charge in [-0.2, -0.15) is 0 Å². The van der Waals surface area contributed by atoms with Gasteiger partial charge in [-0.25, -0.2) is 4.79 Å². The Bertz CT molecular complexity index is 1410. The predicted octanol–water partition coefficient (Wildman–Crippen LogP) is 8.79. The first-order chi connectivity index (χ1) is 18.8. The molecule has 0 fully saturated rings. The van der Waals surface area contributed by atoms with E-state index in [1.807, 2.05) is 27.7 Å². The molecular formula is C30H33ClF3NO5. The molecule has 0 aliphatic rings. The maximum atomic E-state index is 13.3. The fraction of sp³-hybridized carbons (Fsp3) is 0.267. The summed E-state index contributed by atoms with van der Waals surface area (Å²) in [5.74, 6) is -1.90. The third-order valence-electron chi connectivity index (χ3n) is 5.13. The zero-order valence-electron chi connectivity index (χ0n) is 23.2. The molecule has 1 atom stereocenters. The molecule has 0 amide bonds. The summed E-state index contributed by atoms with van der Waals surface area (Å²) < 4.78 is 49.7. The van der Waals surface area contributed by atoms with Crippen LogP contribution in [-0.4, -0.2) is 33.9 Å². The lowest BCUT2D eigenvalue weighted by molar-refractivity contribution is -0.274. The Kier molecular flexibility index (Phi) is 12.7. The monoisotopic (exact) mass is 579 g/mol. The lowest BCUT2D eigenvalue weighted by atomic mass is 10.0. The maximum absolute atomic E-state index is 13.3. The van der Waals surface area contributed by atoms with Crippen LogP contribution in [-0.2, 0) is 4.79 Å². The molecule has 1 N–H and O–H groups in total. The van der Waals surface area contributed by atoms with Crippen LogP contribution >= 0.6 is 11.6 Å². The molecule has 2 aromatic carbocycles. The number of allylic oxidation sites excluding steroid dienone is 4. The van der Waals surface area contributed by atoms with Crippen molar-refractivity contribution in [1.82, 2.24) is 4.57 Å². The number of ether oxygens (including phenoxy) is 2. The van der Waals surface area contributed by atoms with Crippen molar-refractivity contribution in [2.75, 3.05) is 0 Å². The summed E-state index contributed by atoms with van der Waals surface area (Å²) in [5, 5.41) is 9.67. The third kappa shape index (κ3) is 8.77. The van der Waals surface area contributed by atoms with E-state index in [0.717, 1.165) is 6.07 Å². The average molecular weight is 580 g/mol. The second kappa shape index (κ2) is 15.0. The highest BCUT2D eigenvalue weighted by molar-refractivity contribution is 6.31. The van der Waals surface area contributed by atoms with E-state index < -0.39 is 30.0 Å². The second-order valence-corrected chi connectivity index (χ2v) is 8.24. The molecule has 3 aromatic rings. The quantitative estimate of drug-likeness (QED) is 0.156. The topological polar surface area (TPSA) is 77.8 Å². The first kappa shape index (κ1) is 34.0. The van der Waals surface area contributed by atoms with Gasteiger partial charge in [0, 0.05) is 39.5 Å². The molecule has 0 spiro atoms. The number of hydrogen-bond acceptors (Lipinski definition) is 4. The number of carboxylic acid groups (broad SMARTS) is 1. The molecule has 10 heteroatoms. The number of alkyl halides is 3. The Balaban J connectivity index is 0.00000191. The number of aromatic nitrogens is 1. The van der Waals surface area contributed by atoms with Gasteiger partial charge in [0.25, 0.3) is 0 Å². The summed E-state index contributed by atoms with van der Waals surface area (Å²) >= 11 is 5.73. The van der Waals surface area contributed by atoms with Crippen LogP contribution in [0.5, 0.6) is 11.5 Å². The Morgan fingerprint density at radius 2 is 1.65 bits per heavy atom. The van der Waals surface area contributed by atoms with Gasteiger partial charge < -0.3 is 19.1 Å². The van der Waals surface area contributed by atoms with Gasteiger partial charge in [-0.15, -0.1) is 13.2 Å². The van der Waals surface area contributed by atoms with Crippen molar-refractivity contribution in [2.24, 2.45) is 0 Å². The van der Waals surface area contributed by atoms with Gasteiger partial charge in [-0.05, 0) is 44.2 Å². The van der Waals surface area contributed by atoms with E-state index in [-0.39, 0.29) is 27.4 Å². The van der Waals surface area contributed by atoms with Crippen molar-refractivity contribution in [3.8, 4) is 17.2 Å². The molecule has 6 nitrogen and oxygen atoms in total. The predicted molar refractivity (Wildman–Crippen MR) is 153 cm³/mol. The number of fused-ring (bicyclic) bond motifs is 1. The van der Waals surface area contributed by atoms with E-state index in [1.54, 1.807) is 29.7 Å². The minimum absolute atomic E-state index is 0.0851. The first-order valence-electron chi connectivity index (χ1n) is 12.4. The Hall–Kier alpha value is -3.98. The van der Waals surface area contributed by atoms with Crippen LogP contribution in [0.2, 0.25) is 0 Å². The van der Waals surface area contributed by atoms with Crippen LogP contribution in [0, 0.1) is 6.92 Å². The standard InChI is InChI=1S/C26H21ClF3NO5.2C2H6/c1-14(8-9-15(2)27)24(32)23-16(3)31(18-6-5-7-19(12-18)35-17(4)25(33)34)22-13-20(10-11-21(22)23)36-26(28,29)30;2*1-2/h5-13,17H,1-2H2,3-4H3,(H,33,34);2*1-2H3/b9-8-;;/t17-;;/m1../s1. The molecule has 0 saturated carbocycles. The third-order valence-corrected chi connectivity index (χ3v) is 5.26. The number of Topliss-reactive ketones (excluding diaryl/α,β-unsaturated/α-hetero) is 1. The Labute approximate surface area is 237 Å². The van der Waals surface area contributed by atoms with Gasteiger partial charge >= 0.3 is 12.3 Å². The Morgan fingerprint density at radius 1 is 1.02 bits per heavy atom. The number of benzene rings is 2. The number of rotatable bonds is 9. The summed E-state index contributed by atoms with van der Waals surface area (Å²) in [4.78, 5) is 24.5. The van der Waals surface area contributed by atoms with Crippen LogP contribution in [0.25, 0.3) is 16.6 Å². The molecule has 0 radical (unpaired) electrons.